The van der Waals surface area contributed by atoms with Crippen LogP contribution in [0.15, 0.2) is 0 Å². The largest absolute Gasteiger partial charge is 0.480 e. The fourth-order valence-electron chi connectivity index (χ4n) is 0.911. The summed E-state index contributed by atoms with van der Waals surface area (Å²) in [7, 11) is 3.02. The van der Waals surface area contributed by atoms with Crippen molar-refractivity contribution in [3.63, 3.8) is 0 Å². The summed E-state index contributed by atoms with van der Waals surface area (Å²) in [5.41, 5.74) is 5.24. The van der Waals surface area contributed by atoms with E-state index in [-0.39, 0.29) is 13.0 Å². The van der Waals surface area contributed by atoms with Crippen molar-refractivity contribution in [2.45, 2.75) is 18.9 Å². The number of amides is 2. The summed E-state index contributed by atoms with van der Waals surface area (Å²) in [5, 5.41) is 18.2. The lowest BCUT2D eigenvalue weighted by atomic mass is 10.2. The van der Waals surface area contributed by atoms with Gasteiger partial charge < -0.3 is 15.7 Å². The zero-order valence-electron chi connectivity index (χ0n) is 8.88. The Morgan fingerprint density at radius 2 is 1.93 bits per heavy atom. The molecular formula is C8H17N3O4. The first-order valence-electron chi connectivity index (χ1n) is 4.52. The van der Waals surface area contributed by atoms with E-state index < -0.39 is 18.0 Å². The molecule has 0 spiro atoms. The summed E-state index contributed by atoms with van der Waals surface area (Å²) < 4.78 is 0. The van der Waals surface area contributed by atoms with E-state index in [9.17, 15) is 14.8 Å². The Morgan fingerprint density at radius 3 is 2.33 bits per heavy atom. The molecule has 0 aromatic carbocycles. The predicted molar refractivity (Wildman–Crippen MR) is 52.4 cm³/mol. The number of carbonyl (C=O) groups is 2. The van der Waals surface area contributed by atoms with Crippen molar-refractivity contribution >= 4 is 12.0 Å². The van der Waals surface area contributed by atoms with Crippen LogP contribution in [0.2, 0.25) is 0 Å². The Bertz CT molecular complexity index is 232. The SMILES string of the molecule is CN(C)C(=O)N(O)CCC[C@H](N)C(=O)O. The molecule has 0 fully saturated rings. The molecule has 88 valence electrons. The molecule has 0 aromatic heterocycles. The normalized spacial score (nSPS) is 12.0. The van der Waals surface area contributed by atoms with E-state index in [1.807, 2.05) is 0 Å². The standard InChI is InChI=1S/C8H17N3O4/c1-10(2)8(14)11(15)5-3-4-6(9)7(12)13/h6,15H,3-5,9H2,1-2H3,(H,12,13)/t6-/m0/s1. The number of hydrogen-bond acceptors (Lipinski definition) is 4. The van der Waals surface area contributed by atoms with Crippen LogP contribution in [0.5, 0.6) is 0 Å². The third-order valence-corrected chi connectivity index (χ3v) is 1.81. The summed E-state index contributed by atoms with van der Waals surface area (Å²) in [4.78, 5) is 22.7. The monoisotopic (exact) mass is 219 g/mol. The number of carboxylic acid groups (broad SMARTS) is 1. The van der Waals surface area contributed by atoms with E-state index >= 15 is 0 Å². The van der Waals surface area contributed by atoms with Crippen molar-refractivity contribution in [2.24, 2.45) is 5.73 Å². The summed E-state index contributed by atoms with van der Waals surface area (Å²) >= 11 is 0. The van der Waals surface area contributed by atoms with E-state index in [0.717, 1.165) is 0 Å². The summed E-state index contributed by atoms with van der Waals surface area (Å²) in [5.74, 6) is -1.08. The number of hydrogen-bond donors (Lipinski definition) is 3. The molecule has 0 saturated carbocycles. The number of hydroxylamine groups is 2. The van der Waals surface area contributed by atoms with Gasteiger partial charge in [-0.15, -0.1) is 0 Å². The van der Waals surface area contributed by atoms with Gasteiger partial charge >= 0.3 is 12.0 Å². The lowest BCUT2D eigenvalue weighted by Crippen LogP contribution is -2.38. The van der Waals surface area contributed by atoms with Crippen molar-refractivity contribution < 1.29 is 19.9 Å². The summed E-state index contributed by atoms with van der Waals surface area (Å²) in [6, 6.07) is -1.49. The quantitative estimate of drug-likeness (QED) is 0.429. The minimum atomic E-state index is -1.08. The van der Waals surface area contributed by atoms with Gasteiger partial charge in [-0.3, -0.25) is 10.0 Å². The fourth-order valence-corrected chi connectivity index (χ4v) is 0.911. The molecule has 0 heterocycles. The first-order chi connectivity index (χ1) is 6.86. The van der Waals surface area contributed by atoms with Gasteiger partial charge in [-0.1, -0.05) is 0 Å². The van der Waals surface area contributed by atoms with Gasteiger partial charge in [-0.05, 0) is 12.8 Å². The number of nitrogens with two attached hydrogens (primary N) is 1. The van der Waals surface area contributed by atoms with Gasteiger partial charge in [-0.25, -0.2) is 9.86 Å². The molecule has 1 atom stereocenters. The second kappa shape index (κ2) is 6.20. The van der Waals surface area contributed by atoms with Crippen LogP contribution in [0, 0.1) is 0 Å². The summed E-state index contributed by atoms with van der Waals surface area (Å²) in [6.07, 6.45) is 0.552. The lowest BCUT2D eigenvalue weighted by Gasteiger charge is -2.19. The van der Waals surface area contributed by atoms with Gasteiger partial charge in [0, 0.05) is 14.1 Å². The van der Waals surface area contributed by atoms with Crippen molar-refractivity contribution in [3.8, 4) is 0 Å². The minimum Gasteiger partial charge on any atom is -0.480 e. The van der Waals surface area contributed by atoms with Crippen LogP contribution in [0.25, 0.3) is 0 Å². The number of rotatable bonds is 5. The topological polar surface area (TPSA) is 107 Å². The second-order valence-electron chi connectivity index (χ2n) is 3.39. The molecule has 0 saturated heterocycles. The molecule has 0 aliphatic rings. The van der Waals surface area contributed by atoms with Gasteiger partial charge in [0.1, 0.15) is 6.04 Å². The van der Waals surface area contributed by atoms with Gasteiger partial charge in [0.25, 0.3) is 0 Å². The van der Waals surface area contributed by atoms with Crippen LogP contribution < -0.4 is 5.73 Å². The van der Waals surface area contributed by atoms with Crippen LogP contribution in [0.3, 0.4) is 0 Å². The van der Waals surface area contributed by atoms with Gasteiger partial charge in [0.15, 0.2) is 0 Å². The molecule has 0 aliphatic heterocycles. The van der Waals surface area contributed by atoms with Crippen LogP contribution in [0.4, 0.5) is 4.79 Å². The van der Waals surface area contributed by atoms with E-state index in [1.165, 1.54) is 19.0 Å². The Kier molecular flexibility index (Phi) is 5.65. The average molecular weight is 219 g/mol. The van der Waals surface area contributed by atoms with Crippen molar-refractivity contribution in [3.05, 3.63) is 0 Å². The fraction of sp³-hybridized carbons (Fsp3) is 0.750. The van der Waals surface area contributed by atoms with Crippen LogP contribution >= 0.6 is 0 Å². The van der Waals surface area contributed by atoms with Gasteiger partial charge in [-0.2, -0.15) is 0 Å². The van der Waals surface area contributed by atoms with Crippen molar-refractivity contribution in [1.82, 2.24) is 9.96 Å². The maximum atomic E-state index is 11.1. The number of carbonyl (C=O) groups excluding carboxylic acids is 1. The molecule has 7 nitrogen and oxygen atoms in total. The van der Waals surface area contributed by atoms with Gasteiger partial charge in [0.2, 0.25) is 0 Å². The highest BCUT2D eigenvalue weighted by Gasteiger charge is 2.15. The first kappa shape index (κ1) is 13.7. The van der Waals surface area contributed by atoms with E-state index in [2.05, 4.69) is 0 Å². The maximum Gasteiger partial charge on any atom is 0.343 e. The highest BCUT2D eigenvalue weighted by molar-refractivity contribution is 5.73. The molecule has 0 rings (SSSR count). The molecule has 0 aromatic rings. The maximum absolute atomic E-state index is 11.1. The molecule has 0 bridgehead atoms. The molecule has 7 heteroatoms. The second-order valence-corrected chi connectivity index (χ2v) is 3.39. The highest BCUT2D eigenvalue weighted by atomic mass is 16.5. The number of carboxylic acids is 1. The predicted octanol–water partition coefficient (Wildman–Crippen LogP) is -0.449. The van der Waals surface area contributed by atoms with Gasteiger partial charge in [0.05, 0.1) is 6.54 Å². The molecule has 4 N–H and O–H groups in total. The third-order valence-electron chi connectivity index (χ3n) is 1.81. The smallest absolute Gasteiger partial charge is 0.343 e. The number of aliphatic carboxylic acids is 1. The zero-order valence-corrected chi connectivity index (χ0v) is 8.88. The Hall–Kier alpha value is -1.34. The van der Waals surface area contributed by atoms with Crippen LogP contribution in [0.1, 0.15) is 12.8 Å². The minimum absolute atomic E-state index is 0.0675. The van der Waals surface area contributed by atoms with E-state index in [0.29, 0.717) is 11.5 Å². The van der Waals surface area contributed by atoms with E-state index in [1.54, 1.807) is 0 Å². The molecular weight excluding hydrogens is 202 g/mol. The van der Waals surface area contributed by atoms with Crippen molar-refractivity contribution in [2.75, 3.05) is 20.6 Å². The number of urea groups is 1. The highest BCUT2D eigenvalue weighted by Crippen LogP contribution is 1.98. The number of nitrogens with zero attached hydrogens (tertiary/aromatic N) is 2. The molecule has 0 unspecified atom stereocenters. The average Bonchev–Trinajstić information content (AvgIpc) is 2.15. The van der Waals surface area contributed by atoms with Crippen molar-refractivity contribution in [1.29, 1.82) is 0 Å². The molecule has 15 heavy (non-hydrogen) atoms. The summed E-state index contributed by atoms with van der Waals surface area (Å²) in [6.45, 7) is 0.0675. The lowest BCUT2D eigenvalue weighted by molar-refractivity contribution is -0.138. The first-order valence-corrected chi connectivity index (χ1v) is 4.52. The zero-order chi connectivity index (χ0) is 12.0. The molecule has 2 amide bonds. The Labute approximate surface area is 88.0 Å². The molecule has 0 radical (unpaired) electrons. The molecule has 0 aliphatic carbocycles. The Morgan fingerprint density at radius 1 is 1.40 bits per heavy atom. The van der Waals surface area contributed by atoms with Crippen LogP contribution in [-0.2, 0) is 4.79 Å². The Balaban J connectivity index is 3.77. The van der Waals surface area contributed by atoms with E-state index in [4.69, 9.17) is 10.8 Å². The van der Waals surface area contributed by atoms with Crippen LogP contribution in [-0.4, -0.2) is 59.0 Å². The third kappa shape index (κ3) is 5.18.